The minimum Gasteiger partial charge on any atom is -0.383 e. The van der Waals surface area contributed by atoms with E-state index in [9.17, 15) is 18.3 Å². The van der Waals surface area contributed by atoms with E-state index < -0.39 is 17.8 Å². The first-order chi connectivity index (χ1) is 8.80. The van der Waals surface area contributed by atoms with Gasteiger partial charge in [-0.2, -0.15) is 13.2 Å². The molecule has 0 amide bonds. The number of hydrogen-bond donors (Lipinski definition) is 1. The smallest absolute Gasteiger partial charge is 0.383 e. The Bertz CT molecular complexity index is 595. The van der Waals surface area contributed by atoms with Crippen molar-refractivity contribution in [2.24, 2.45) is 0 Å². The van der Waals surface area contributed by atoms with E-state index in [2.05, 4.69) is 31.9 Å². The van der Waals surface area contributed by atoms with Crippen LogP contribution in [-0.2, 0) is 6.18 Å². The van der Waals surface area contributed by atoms with Crippen LogP contribution in [-0.4, -0.2) is 5.11 Å². The maximum absolute atomic E-state index is 12.8. The Morgan fingerprint density at radius 3 is 2.32 bits per heavy atom. The first-order valence-electron chi connectivity index (χ1n) is 5.08. The number of aliphatic hydroxyl groups is 1. The molecule has 0 spiro atoms. The minimum absolute atomic E-state index is 0.0406. The lowest BCUT2D eigenvalue weighted by atomic mass is 10.0. The normalized spacial score (nSPS) is 13.6. The van der Waals surface area contributed by atoms with Crippen molar-refractivity contribution in [2.75, 3.05) is 0 Å². The van der Waals surface area contributed by atoms with Crippen molar-refractivity contribution < 1.29 is 18.3 Å². The molecule has 0 fully saturated rings. The maximum atomic E-state index is 12.8. The molecule has 1 heterocycles. The second kappa shape index (κ2) is 5.55. The average Bonchev–Trinajstić information content (AvgIpc) is 2.73. The molecule has 7 heteroatoms. The van der Waals surface area contributed by atoms with Crippen molar-refractivity contribution >= 4 is 43.2 Å². The Morgan fingerprint density at radius 1 is 1.11 bits per heavy atom. The minimum atomic E-state index is -4.46. The highest BCUT2D eigenvalue weighted by atomic mass is 79.9. The summed E-state index contributed by atoms with van der Waals surface area (Å²) in [5, 5.41) is 11.9. The molecular formula is C12H7Br2F3OS. The SMILES string of the molecule is OC(c1ccc(Br)c(C(F)(F)F)c1)c1sccc1Br. The Morgan fingerprint density at radius 2 is 1.79 bits per heavy atom. The van der Waals surface area contributed by atoms with Crippen LogP contribution in [0.4, 0.5) is 13.2 Å². The number of aliphatic hydroxyl groups excluding tert-OH is 1. The van der Waals surface area contributed by atoms with Crippen LogP contribution >= 0.6 is 43.2 Å². The molecule has 1 atom stereocenters. The van der Waals surface area contributed by atoms with Gasteiger partial charge in [-0.25, -0.2) is 0 Å². The highest BCUT2D eigenvalue weighted by Crippen LogP contribution is 2.39. The summed E-state index contributed by atoms with van der Waals surface area (Å²) < 4.78 is 39.0. The number of alkyl halides is 3. The van der Waals surface area contributed by atoms with Crippen LogP contribution in [0.25, 0.3) is 0 Å². The first kappa shape index (κ1) is 15.0. The third-order valence-corrected chi connectivity index (χ3v) is 5.12. The molecule has 0 bridgehead atoms. The van der Waals surface area contributed by atoms with E-state index in [1.807, 2.05) is 0 Å². The number of thiophene rings is 1. The van der Waals surface area contributed by atoms with Crippen LogP contribution in [0.15, 0.2) is 38.6 Å². The molecule has 102 valence electrons. The number of benzene rings is 1. The van der Waals surface area contributed by atoms with Gasteiger partial charge in [0.15, 0.2) is 0 Å². The zero-order valence-corrected chi connectivity index (χ0v) is 13.2. The summed E-state index contributed by atoms with van der Waals surface area (Å²) in [6.45, 7) is 0. The lowest BCUT2D eigenvalue weighted by molar-refractivity contribution is -0.138. The second-order valence-electron chi connectivity index (χ2n) is 3.77. The van der Waals surface area contributed by atoms with Crippen LogP contribution in [0, 0.1) is 0 Å². The third-order valence-electron chi connectivity index (χ3n) is 2.50. The second-order valence-corrected chi connectivity index (χ2v) is 6.43. The molecule has 2 rings (SSSR count). The van der Waals surface area contributed by atoms with Gasteiger partial charge >= 0.3 is 6.18 Å². The van der Waals surface area contributed by atoms with Crippen molar-refractivity contribution in [3.63, 3.8) is 0 Å². The highest BCUT2D eigenvalue weighted by Gasteiger charge is 2.33. The summed E-state index contributed by atoms with van der Waals surface area (Å²) in [7, 11) is 0. The Hall–Kier alpha value is -0.370. The lowest BCUT2D eigenvalue weighted by Crippen LogP contribution is -2.08. The third kappa shape index (κ3) is 3.21. The predicted molar refractivity (Wildman–Crippen MR) is 75.2 cm³/mol. The first-order valence-corrected chi connectivity index (χ1v) is 7.55. The van der Waals surface area contributed by atoms with Crippen LogP contribution in [0.5, 0.6) is 0 Å². The summed E-state index contributed by atoms with van der Waals surface area (Å²) in [6.07, 6.45) is -5.54. The molecule has 1 nitrogen and oxygen atoms in total. The highest BCUT2D eigenvalue weighted by molar-refractivity contribution is 9.10. The standard InChI is InChI=1S/C12H7Br2F3OS/c13-8-2-1-6(5-7(8)12(15,16)17)10(18)11-9(14)3-4-19-11/h1-5,10,18H. The number of hydrogen-bond acceptors (Lipinski definition) is 2. The maximum Gasteiger partial charge on any atom is 0.417 e. The Balaban J connectivity index is 2.44. The average molecular weight is 416 g/mol. The molecule has 2 aromatic rings. The zero-order chi connectivity index (χ0) is 14.2. The van der Waals surface area contributed by atoms with E-state index >= 15 is 0 Å². The van der Waals surface area contributed by atoms with E-state index in [1.54, 1.807) is 11.4 Å². The van der Waals surface area contributed by atoms with Gasteiger partial charge in [0.1, 0.15) is 6.10 Å². The number of rotatable bonds is 2. The van der Waals surface area contributed by atoms with Gasteiger partial charge in [0, 0.05) is 8.95 Å². The molecule has 0 saturated heterocycles. The van der Waals surface area contributed by atoms with Gasteiger partial charge in [-0.15, -0.1) is 11.3 Å². The predicted octanol–water partition coefficient (Wildman–Crippen LogP) is 5.37. The lowest BCUT2D eigenvalue weighted by Gasteiger charge is -2.14. The van der Waals surface area contributed by atoms with Gasteiger partial charge in [0.25, 0.3) is 0 Å². The van der Waals surface area contributed by atoms with Crippen molar-refractivity contribution in [1.29, 1.82) is 0 Å². The van der Waals surface area contributed by atoms with Gasteiger partial charge < -0.3 is 5.11 Å². The fraction of sp³-hybridized carbons (Fsp3) is 0.167. The van der Waals surface area contributed by atoms with Gasteiger partial charge in [-0.05, 0) is 45.1 Å². The molecular weight excluding hydrogens is 409 g/mol. The van der Waals surface area contributed by atoms with E-state index in [1.165, 1.54) is 23.5 Å². The summed E-state index contributed by atoms with van der Waals surface area (Å²) in [6, 6.07) is 5.46. The molecule has 0 aliphatic carbocycles. The van der Waals surface area contributed by atoms with Gasteiger partial charge in [0.05, 0.1) is 10.4 Å². The van der Waals surface area contributed by atoms with Gasteiger partial charge in [-0.1, -0.05) is 22.0 Å². The largest absolute Gasteiger partial charge is 0.417 e. The summed E-state index contributed by atoms with van der Waals surface area (Å²) in [5.41, 5.74) is -0.588. The van der Waals surface area contributed by atoms with Gasteiger partial charge in [-0.3, -0.25) is 0 Å². The topological polar surface area (TPSA) is 20.2 Å². The van der Waals surface area contributed by atoms with E-state index in [0.29, 0.717) is 9.35 Å². The molecule has 1 aromatic carbocycles. The summed E-state index contributed by atoms with van der Waals surface area (Å²) in [4.78, 5) is 0.579. The van der Waals surface area contributed by atoms with Crippen molar-refractivity contribution in [2.45, 2.75) is 12.3 Å². The van der Waals surface area contributed by atoms with Crippen LogP contribution in [0.1, 0.15) is 22.1 Å². The van der Waals surface area contributed by atoms with Crippen LogP contribution in [0.2, 0.25) is 0 Å². The molecule has 1 N–H and O–H groups in total. The summed E-state index contributed by atoms with van der Waals surface area (Å²) >= 11 is 7.41. The molecule has 1 unspecified atom stereocenters. The molecule has 0 saturated carbocycles. The zero-order valence-electron chi connectivity index (χ0n) is 9.21. The molecule has 0 radical (unpaired) electrons. The van der Waals surface area contributed by atoms with Gasteiger partial charge in [0.2, 0.25) is 0 Å². The molecule has 19 heavy (non-hydrogen) atoms. The molecule has 1 aromatic heterocycles. The van der Waals surface area contributed by atoms with Crippen LogP contribution in [0.3, 0.4) is 0 Å². The van der Waals surface area contributed by atoms with Crippen molar-refractivity contribution in [1.82, 2.24) is 0 Å². The quantitative estimate of drug-likeness (QED) is 0.698. The number of halogens is 5. The van der Waals surface area contributed by atoms with Crippen molar-refractivity contribution in [3.8, 4) is 0 Å². The monoisotopic (exact) mass is 414 g/mol. The van der Waals surface area contributed by atoms with Crippen molar-refractivity contribution in [3.05, 3.63) is 54.6 Å². The van der Waals surface area contributed by atoms with Crippen LogP contribution < -0.4 is 0 Å². The fourth-order valence-electron chi connectivity index (χ4n) is 1.58. The Kier molecular flexibility index (Phi) is 4.39. The fourth-order valence-corrected chi connectivity index (χ4v) is 3.65. The van der Waals surface area contributed by atoms with E-state index in [4.69, 9.17) is 0 Å². The summed E-state index contributed by atoms with van der Waals surface area (Å²) in [5.74, 6) is 0. The molecule has 0 aliphatic rings. The Labute approximate surface area is 128 Å². The van der Waals surface area contributed by atoms with E-state index in [0.717, 1.165) is 6.07 Å². The van der Waals surface area contributed by atoms with E-state index in [-0.39, 0.29) is 10.0 Å². The molecule has 0 aliphatic heterocycles.